The van der Waals surface area contributed by atoms with Gasteiger partial charge in [0.05, 0.1) is 0 Å². The van der Waals surface area contributed by atoms with E-state index in [1.807, 2.05) is 0 Å². The van der Waals surface area contributed by atoms with E-state index < -0.39 is 0 Å². The summed E-state index contributed by atoms with van der Waals surface area (Å²) >= 11 is 0. The summed E-state index contributed by atoms with van der Waals surface area (Å²) in [6.07, 6.45) is 4.84. The van der Waals surface area contributed by atoms with Gasteiger partial charge in [-0.1, -0.05) is 6.07 Å². The molecule has 3 N–H and O–H groups in total. The monoisotopic (exact) mass is 242 g/mol. The smallest absolute Gasteiger partial charge is 0.0458 e. The Kier molecular flexibility index (Phi) is 2.90. The Morgan fingerprint density at radius 2 is 1.83 bits per heavy atom. The minimum Gasteiger partial charge on any atom is -0.358 e. The summed E-state index contributed by atoms with van der Waals surface area (Å²) in [6.45, 7) is 4.35. The SMILES string of the molecule is Cc1[nH]c2ccc(C3CCC(N)CC3)cc2c1C. The Balaban J connectivity index is 1.95. The summed E-state index contributed by atoms with van der Waals surface area (Å²) in [6, 6.07) is 7.34. The van der Waals surface area contributed by atoms with Crippen LogP contribution in [0.4, 0.5) is 0 Å². The van der Waals surface area contributed by atoms with E-state index in [1.165, 1.54) is 53.4 Å². The summed E-state index contributed by atoms with van der Waals surface area (Å²) in [5.74, 6) is 0.712. The van der Waals surface area contributed by atoms with Crippen LogP contribution < -0.4 is 5.73 Å². The first kappa shape index (κ1) is 11.8. The van der Waals surface area contributed by atoms with E-state index in [9.17, 15) is 0 Å². The minimum absolute atomic E-state index is 0.432. The first-order chi connectivity index (χ1) is 8.65. The molecule has 0 bridgehead atoms. The van der Waals surface area contributed by atoms with Crippen molar-refractivity contribution in [1.82, 2.24) is 4.98 Å². The average molecular weight is 242 g/mol. The van der Waals surface area contributed by atoms with Crippen LogP contribution in [0.3, 0.4) is 0 Å². The predicted molar refractivity (Wildman–Crippen MR) is 77.0 cm³/mol. The zero-order chi connectivity index (χ0) is 12.7. The second kappa shape index (κ2) is 4.43. The Labute approximate surface area is 109 Å². The van der Waals surface area contributed by atoms with Crippen LogP contribution in [0.1, 0.15) is 48.4 Å². The van der Waals surface area contributed by atoms with Gasteiger partial charge in [0.25, 0.3) is 0 Å². The Morgan fingerprint density at radius 3 is 2.56 bits per heavy atom. The molecule has 0 radical (unpaired) electrons. The van der Waals surface area contributed by atoms with Crippen LogP contribution in [-0.2, 0) is 0 Å². The molecule has 1 heterocycles. The normalized spacial score (nSPS) is 24.6. The van der Waals surface area contributed by atoms with Crippen molar-refractivity contribution in [2.75, 3.05) is 0 Å². The van der Waals surface area contributed by atoms with E-state index in [0.29, 0.717) is 12.0 Å². The van der Waals surface area contributed by atoms with Crippen LogP contribution in [0.25, 0.3) is 10.9 Å². The van der Waals surface area contributed by atoms with Crippen molar-refractivity contribution in [2.45, 2.75) is 51.5 Å². The lowest BCUT2D eigenvalue weighted by molar-refractivity contribution is 0.396. The van der Waals surface area contributed by atoms with Gasteiger partial charge in [-0.25, -0.2) is 0 Å². The standard InChI is InChI=1S/C16H22N2/c1-10-11(2)18-16-8-5-13(9-15(10)16)12-3-6-14(17)7-4-12/h5,8-9,12,14,18H,3-4,6-7,17H2,1-2H3. The molecule has 3 rings (SSSR count). The van der Waals surface area contributed by atoms with E-state index in [0.717, 1.165) is 0 Å². The summed E-state index contributed by atoms with van der Waals surface area (Å²) in [5.41, 5.74) is 11.4. The van der Waals surface area contributed by atoms with Gasteiger partial charge in [-0.05, 0) is 68.7 Å². The third-order valence-electron chi connectivity index (χ3n) is 4.58. The number of hydrogen-bond acceptors (Lipinski definition) is 1. The highest BCUT2D eigenvalue weighted by molar-refractivity contribution is 5.85. The molecule has 1 saturated carbocycles. The number of fused-ring (bicyclic) bond motifs is 1. The molecular weight excluding hydrogens is 220 g/mol. The number of nitrogens with two attached hydrogens (primary N) is 1. The first-order valence-electron chi connectivity index (χ1n) is 6.99. The highest BCUT2D eigenvalue weighted by Gasteiger charge is 2.20. The molecule has 0 aliphatic heterocycles. The fourth-order valence-electron chi connectivity index (χ4n) is 3.19. The van der Waals surface area contributed by atoms with Crippen molar-refractivity contribution in [2.24, 2.45) is 5.73 Å². The molecule has 1 aliphatic carbocycles. The van der Waals surface area contributed by atoms with E-state index in [-0.39, 0.29) is 0 Å². The minimum atomic E-state index is 0.432. The van der Waals surface area contributed by atoms with Crippen molar-refractivity contribution in [3.63, 3.8) is 0 Å². The number of aryl methyl sites for hydroxylation is 2. The number of aromatic amines is 1. The van der Waals surface area contributed by atoms with Gasteiger partial charge in [-0.15, -0.1) is 0 Å². The predicted octanol–water partition coefficient (Wildman–Crippen LogP) is 3.77. The molecule has 2 aromatic rings. The molecule has 0 unspecified atom stereocenters. The van der Waals surface area contributed by atoms with Gasteiger partial charge in [-0.3, -0.25) is 0 Å². The van der Waals surface area contributed by atoms with Crippen LogP contribution in [0.2, 0.25) is 0 Å². The molecule has 0 saturated heterocycles. The van der Waals surface area contributed by atoms with Crippen LogP contribution in [0.15, 0.2) is 18.2 Å². The lowest BCUT2D eigenvalue weighted by atomic mass is 9.82. The lowest BCUT2D eigenvalue weighted by Crippen LogP contribution is -2.25. The Hall–Kier alpha value is -1.28. The number of rotatable bonds is 1. The summed E-state index contributed by atoms with van der Waals surface area (Å²) < 4.78 is 0. The highest BCUT2D eigenvalue weighted by Crippen LogP contribution is 2.34. The molecule has 2 nitrogen and oxygen atoms in total. The van der Waals surface area contributed by atoms with Crippen LogP contribution in [0.5, 0.6) is 0 Å². The highest BCUT2D eigenvalue weighted by atomic mass is 14.7. The topological polar surface area (TPSA) is 41.8 Å². The largest absolute Gasteiger partial charge is 0.358 e. The third kappa shape index (κ3) is 1.95. The van der Waals surface area contributed by atoms with Gasteiger partial charge in [-0.2, -0.15) is 0 Å². The molecule has 1 aromatic carbocycles. The molecule has 1 aliphatic rings. The molecule has 18 heavy (non-hydrogen) atoms. The third-order valence-corrected chi connectivity index (χ3v) is 4.58. The van der Waals surface area contributed by atoms with Crippen molar-refractivity contribution >= 4 is 10.9 Å². The number of H-pyrrole nitrogens is 1. The number of aromatic nitrogens is 1. The first-order valence-corrected chi connectivity index (χ1v) is 6.99. The fourth-order valence-corrected chi connectivity index (χ4v) is 3.19. The lowest BCUT2D eigenvalue weighted by Gasteiger charge is -2.26. The molecule has 96 valence electrons. The molecule has 1 aromatic heterocycles. The number of nitrogens with one attached hydrogen (secondary N) is 1. The summed E-state index contributed by atoms with van der Waals surface area (Å²) in [5, 5.41) is 1.39. The van der Waals surface area contributed by atoms with Crippen molar-refractivity contribution in [3.8, 4) is 0 Å². The van der Waals surface area contributed by atoms with Gasteiger partial charge >= 0.3 is 0 Å². The van der Waals surface area contributed by atoms with Crippen molar-refractivity contribution in [3.05, 3.63) is 35.0 Å². The molecule has 0 spiro atoms. The summed E-state index contributed by atoms with van der Waals surface area (Å²) in [4.78, 5) is 3.44. The molecule has 0 amide bonds. The second-order valence-corrected chi connectivity index (χ2v) is 5.79. The molecule has 1 fully saturated rings. The molecular formula is C16H22N2. The van der Waals surface area contributed by atoms with Gasteiger partial charge in [0, 0.05) is 22.6 Å². The Bertz CT molecular complexity index is 560. The fraction of sp³-hybridized carbons (Fsp3) is 0.500. The quantitative estimate of drug-likeness (QED) is 0.785. The Morgan fingerprint density at radius 1 is 1.11 bits per heavy atom. The maximum atomic E-state index is 5.99. The van der Waals surface area contributed by atoms with Gasteiger partial charge in [0.2, 0.25) is 0 Å². The molecule has 0 atom stereocenters. The van der Waals surface area contributed by atoms with Crippen molar-refractivity contribution in [1.29, 1.82) is 0 Å². The van der Waals surface area contributed by atoms with E-state index in [1.54, 1.807) is 0 Å². The number of benzene rings is 1. The van der Waals surface area contributed by atoms with E-state index in [2.05, 4.69) is 37.0 Å². The van der Waals surface area contributed by atoms with Crippen LogP contribution in [0, 0.1) is 13.8 Å². The number of hydrogen-bond donors (Lipinski definition) is 2. The van der Waals surface area contributed by atoms with Gasteiger partial charge in [0.15, 0.2) is 0 Å². The second-order valence-electron chi connectivity index (χ2n) is 5.79. The zero-order valence-electron chi connectivity index (χ0n) is 11.3. The average Bonchev–Trinajstić information content (AvgIpc) is 2.66. The van der Waals surface area contributed by atoms with Gasteiger partial charge in [0.1, 0.15) is 0 Å². The van der Waals surface area contributed by atoms with Crippen molar-refractivity contribution < 1.29 is 0 Å². The van der Waals surface area contributed by atoms with Crippen LogP contribution in [-0.4, -0.2) is 11.0 Å². The maximum absolute atomic E-state index is 5.99. The molecule has 2 heteroatoms. The van der Waals surface area contributed by atoms with Crippen LogP contribution >= 0.6 is 0 Å². The maximum Gasteiger partial charge on any atom is 0.0458 e. The van der Waals surface area contributed by atoms with Gasteiger partial charge < -0.3 is 10.7 Å². The van der Waals surface area contributed by atoms with E-state index in [4.69, 9.17) is 5.73 Å². The summed E-state index contributed by atoms with van der Waals surface area (Å²) in [7, 11) is 0. The zero-order valence-corrected chi connectivity index (χ0v) is 11.3. The van der Waals surface area contributed by atoms with E-state index >= 15 is 0 Å².